The van der Waals surface area contributed by atoms with E-state index >= 15 is 0 Å². The summed E-state index contributed by atoms with van der Waals surface area (Å²) in [6.45, 7) is 5.07. The molecule has 1 N–H and O–H groups in total. The smallest absolute Gasteiger partial charge is 0.126 e. The van der Waals surface area contributed by atoms with Crippen molar-refractivity contribution in [2.24, 2.45) is 0 Å². The van der Waals surface area contributed by atoms with Crippen LogP contribution >= 0.6 is 0 Å². The number of hydrogen-bond acceptors (Lipinski definition) is 4. The van der Waals surface area contributed by atoms with E-state index in [-0.39, 0.29) is 17.6 Å². The molecule has 172 valence electrons. The topological polar surface area (TPSA) is 41.9 Å². The molecule has 2 atom stereocenters. The van der Waals surface area contributed by atoms with Crippen LogP contribution in [0.25, 0.3) is 0 Å². The van der Waals surface area contributed by atoms with E-state index < -0.39 is 0 Å². The Balaban J connectivity index is 1.28. The van der Waals surface area contributed by atoms with Crippen molar-refractivity contribution in [3.8, 4) is 17.2 Å². The maximum absolute atomic E-state index is 9.95. The van der Waals surface area contributed by atoms with Gasteiger partial charge in [0.05, 0.1) is 13.2 Å². The normalized spacial score (nSPS) is 20.2. The first-order valence-corrected chi connectivity index (χ1v) is 12.2. The van der Waals surface area contributed by atoms with Crippen LogP contribution < -0.4 is 9.47 Å². The molecule has 3 aromatic carbocycles. The minimum Gasteiger partial charge on any atom is -0.508 e. The lowest BCUT2D eigenvalue weighted by Gasteiger charge is -2.34. The molecular weight excluding hydrogens is 410 g/mol. The molecule has 4 heteroatoms. The Labute approximate surface area is 196 Å². The molecule has 0 radical (unpaired) electrons. The highest BCUT2D eigenvalue weighted by atomic mass is 16.5. The average molecular weight is 444 g/mol. The Bertz CT molecular complexity index is 1030. The third-order valence-corrected chi connectivity index (χ3v) is 6.96. The molecule has 33 heavy (non-hydrogen) atoms. The summed E-state index contributed by atoms with van der Waals surface area (Å²) in [4.78, 5) is 2.56. The third-order valence-electron chi connectivity index (χ3n) is 6.96. The molecule has 0 bridgehead atoms. The summed E-state index contributed by atoms with van der Waals surface area (Å²) in [6.07, 6.45) is 4.99. The summed E-state index contributed by atoms with van der Waals surface area (Å²) < 4.78 is 12.1. The standard InChI is InChI=1S/C29H33NO3/c31-24-12-15-26-28(20-24)33-21-27(22-8-2-1-3-9-22)29(26)23-10-13-25(14-11-23)32-19-7-6-18-30-16-4-5-17-30/h1-3,8-15,20,27,29,31H,4-7,16-19,21H2. The molecule has 0 spiro atoms. The molecule has 0 saturated carbocycles. The molecule has 2 heterocycles. The number of aromatic hydroxyl groups is 1. The zero-order chi connectivity index (χ0) is 22.5. The Morgan fingerprint density at radius 2 is 1.67 bits per heavy atom. The second-order valence-electron chi connectivity index (χ2n) is 9.20. The van der Waals surface area contributed by atoms with Crippen molar-refractivity contribution >= 4 is 0 Å². The van der Waals surface area contributed by atoms with Gasteiger partial charge in [-0.25, -0.2) is 0 Å². The van der Waals surface area contributed by atoms with Crippen LogP contribution in [0.15, 0.2) is 72.8 Å². The van der Waals surface area contributed by atoms with E-state index in [1.165, 1.54) is 50.0 Å². The first kappa shape index (κ1) is 21.8. The lowest BCUT2D eigenvalue weighted by atomic mass is 9.76. The average Bonchev–Trinajstić information content (AvgIpc) is 3.38. The van der Waals surface area contributed by atoms with Crippen molar-refractivity contribution < 1.29 is 14.6 Å². The Hall–Kier alpha value is -2.98. The number of benzene rings is 3. The van der Waals surface area contributed by atoms with E-state index in [0.717, 1.165) is 30.1 Å². The lowest BCUT2D eigenvalue weighted by Crippen LogP contribution is -2.25. The van der Waals surface area contributed by atoms with Crippen molar-refractivity contribution in [3.05, 3.63) is 89.5 Å². The van der Waals surface area contributed by atoms with Gasteiger partial charge in [0.15, 0.2) is 0 Å². The van der Waals surface area contributed by atoms with Crippen LogP contribution in [-0.2, 0) is 0 Å². The van der Waals surface area contributed by atoms with Crippen LogP contribution in [0.2, 0.25) is 0 Å². The van der Waals surface area contributed by atoms with E-state index in [1.807, 2.05) is 12.1 Å². The molecule has 2 aliphatic rings. The Morgan fingerprint density at radius 3 is 2.45 bits per heavy atom. The fraction of sp³-hybridized carbons (Fsp3) is 0.379. The maximum atomic E-state index is 9.95. The van der Waals surface area contributed by atoms with E-state index in [0.29, 0.717) is 6.61 Å². The Kier molecular flexibility index (Phi) is 6.82. The predicted molar refractivity (Wildman–Crippen MR) is 131 cm³/mol. The number of rotatable bonds is 8. The maximum Gasteiger partial charge on any atom is 0.126 e. The predicted octanol–water partition coefficient (Wildman–Crippen LogP) is 5.96. The second-order valence-corrected chi connectivity index (χ2v) is 9.20. The van der Waals surface area contributed by atoms with Gasteiger partial charge in [-0.2, -0.15) is 0 Å². The molecule has 1 fully saturated rings. The van der Waals surface area contributed by atoms with Crippen molar-refractivity contribution in [1.82, 2.24) is 4.90 Å². The van der Waals surface area contributed by atoms with E-state index in [4.69, 9.17) is 9.47 Å². The van der Waals surface area contributed by atoms with Crippen LogP contribution in [0.4, 0.5) is 0 Å². The molecule has 0 aromatic heterocycles. The second kappa shape index (κ2) is 10.3. The van der Waals surface area contributed by atoms with Gasteiger partial charge in [-0.3, -0.25) is 0 Å². The summed E-state index contributed by atoms with van der Waals surface area (Å²) in [7, 11) is 0. The quantitative estimate of drug-likeness (QED) is 0.437. The van der Waals surface area contributed by atoms with E-state index in [1.54, 1.807) is 12.1 Å². The van der Waals surface area contributed by atoms with Gasteiger partial charge in [-0.1, -0.05) is 48.5 Å². The minimum absolute atomic E-state index is 0.159. The highest BCUT2D eigenvalue weighted by Crippen LogP contribution is 2.47. The molecule has 0 amide bonds. The number of unbranched alkanes of at least 4 members (excludes halogenated alkanes) is 1. The van der Waals surface area contributed by atoms with Gasteiger partial charge in [-0.05, 0) is 74.6 Å². The number of hydrogen-bond donors (Lipinski definition) is 1. The van der Waals surface area contributed by atoms with Crippen LogP contribution in [0.1, 0.15) is 54.2 Å². The van der Waals surface area contributed by atoms with Gasteiger partial charge < -0.3 is 19.5 Å². The van der Waals surface area contributed by atoms with Gasteiger partial charge in [0.25, 0.3) is 0 Å². The van der Waals surface area contributed by atoms with E-state index in [2.05, 4.69) is 53.4 Å². The van der Waals surface area contributed by atoms with Gasteiger partial charge in [0.1, 0.15) is 17.2 Å². The van der Waals surface area contributed by atoms with E-state index in [9.17, 15) is 5.11 Å². The first-order valence-electron chi connectivity index (χ1n) is 12.2. The Morgan fingerprint density at radius 1 is 0.879 bits per heavy atom. The van der Waals surface area contributed by atoms with Crippen LogP contribution in [0.3, 0.4) is 0 Å². The summed E-state index contributed by atoms with van der Waals surface area (Å²) >= 11 is 0. The van der Waals surface area contributed by atoms with Crippen LogP contribution in [-0.4, -0.2) is 42.9 Å². The number of likely N-dealkylation sites (tertiary alicyclic amines) is 1. The van der Waals surface area contributed by atoms with Crippen molar-refractivity contribution in [1.29, 1.82) is 0 Å². The fourth-order valence-electron chi connectivity index (χ4n) is 5.20. The van der Waals surface area contributed by atoms with Crippen LogP contribution in [0.5, 0.6) is 17.2 Å². The molecule has 3 aromatic rings. The highest BCUT2D eigenvalue weighted by molar-refractivity contribution is 5.50. The molecule has 2 aliphatic heterocycles. The summed E-state index contributed by atoms with van der Waals surface area (Å²) in [6, 6.07) is 24.6. The molecule has 2 unspecified atom stereocenters. The van der Waals surface area contributed by atoms with Gasteiger partial charge in [-0.15, -0.1) is 0 Å². The summed E-state index contributed by atoms with van der Waals surface area (Å²) in [5.74, 6) is 2.30. The van der Waals surface area contributed by atoms with Crippen LogP contribution in [0, 0.1) is 0 Å². The lowest BCUT2D eigenvalue weighted by molar-refractivity contribution is 0.247. The largest absolute Gasteiger partial charge is 0.508 e. The van der Waals surface area contributed by atoms with Crippen molar-refractivity contribution in [2.45, 2.75) is 37.5 Å². The number of fused-ring (bicyclic) bond motifs is 1. The third kappa shape index (κ3) is 5.17. The monoisotopic (exact) mass is 443 g/mol. The SMILES string of the molecule is Oc1ccc2c(c1)OCC(c1ccccc1)C2c1ccc(OCCCCN2CCCC2)cc1. The number of phenolic OH excluding ortho intramolecular Hbond substituents is 1. The zero-order valence-corrected chi connectivity index (χ0v) is 19.2. The van der Waals surface area contributed by atoms with Crippen molar-refractivity contribution in [3.63, 3.8) is 0 Å². The van der Waals surface area contributed by atoms with Gasteiger partial charge in [0.2, 0.25) is 0 Å². The summed E-state index contributed by atoms with van der Waals surface area (Å²) in [5.41, 5.74) is 3.61. The summed E-state index contributed by atoms with van der Waals surface area (Å²) in [5, 5.41) is 9.95. The number of nitrogens with zero attached hydrogens (tertiary/aromatic N) is 1. The van der Waals surface area contributed by atoms with Gasteiger partial charge in [0, 0.05) is 23.5 Å². The number of ether oxygens (including phenoxy) is 2. The molecule has 0 aliphatic carbocycles. The first-order chi connectivity index (χ1) is 16.3. The molecule has 5 rings (SSSR count). The fourth-order valence-corrected chi connectivity index (χ4v) is 5.20. The highest BCUT2D eigenvalue weighted by Gasteiger charge is 2.33. The molecular formula is C29H33NO3. The molecule has 1 saturated heterocycles. The number of phenols is 1. The molecule has 4 nitrogen and oxygen atoms in total. The zero-order valence-electron chi connectivity index (χ0n) is 19.2. The van der Waals surface area contributed by atoms with Gasteiger partial charge >= 0.3 is 0 Å². The minimum atomic E-state index is 0.159. The van der Waals surface area contributed by atoms with Crippen molar-refractivity contribution in [2.75, 3.05) is 32.8 Å².